The van der Waals surface area contributed by atoms with E-state index < -0.39 is 0 Å². The first-order valence-corrected chi connectivity index (χ1v) is 6.59. The summed E-state index contributed by atoms with van der Waals surface area (Å²) in [5.41, 5.74) is 8.63. The fourth-order valence-corrected chi connectivity index (χ4v) is 2.34. The molecule has 0 unspecified atom stereocenters. The van der Waals surface area contributed by atoms with E-state index in [0.717, 1.165) is 23.0 Å². The van der Waals surface area contributed by atoms with Gasteiger partial charge in [-0.3, -0.25) is 4.79 Å². The average molecular weight is 265 g/mol. The lowest BCUT2D eigenvalue weighted by atomic mass is 10.00. The van der Waals surface area contributed by atoms with Crippen molar-refractivity contribution in [1.82, 2.24) is 0 Å². The highest BCUT2D eigenvalue weighted by Gasteiger charge is 2.15. The molecule has 20 heavy (non-hydrogen) atoms. The summed E-state index contributed by atoms with van der Waals surface area (Å²) in [5.74, 6) is -0.0196. The summed E-state index contributed by atoms with van der Waals surface area (Å²) in [6.45, 7) is 0.576. The Hall–Kier alpha value is -2.39. The number of ketones is 1. The Bertz CT molecular complexity index is 758. The van der Waals surface area contributed by atoms with Gasteiger partial charge >= 0.3 is 0 Å². The standard InChI is InChI=1S/C17H15NO2/c18-9-8-12-4-3-5-13(10-12)17(19)15-11-20-16-7-2-1-6-14(15)16/h1-7,10-11H,8-9,18H2. The number of carbonyl (C=O) groups excluding carboxylic acids is 1. The zero-order chi connectivity index (χ0) is 13.9. The molecule has 0 aliphatic rings. The third-order valence-corrected chi connectivity index (χ3v) is 3.35. The number of para-hydroxylation sites is 1. The van der Waals surface area contributed by atoms with E-state index >= 15 is 0 Å². The van der Waals surface area contributed by atoms with Gasteiger partial charge in [0.1, 0.15) is 11.8 Å². The van der Waals surface area contributed by atoms with Crippen LogP contribution in [0.2, 0.25) is 0 Å². The number of rotatable bonds is 4. The van der Waals surface area contributed by atoms with E-state index in [9.17, 15) is 4.79 Å². The molecule has 0 aliphatic heterocycles. The molecule has 0 spiro atoms. The maximum absolute atomic E-state index is 12.6. The van der Waals surface area contributed by atoms with Crippen LogP contribution >= 0.6 is 0 Å². The Labute approximate surface area is 117 Å². The summed E-state index contributed by atoms with van der Waals surface area (Å²) in [6, 6.07) is 15.1. The fraction of sp³-hybridized carbons (Fsp3) is 0.118. The van der Waals surface area contributed by atoms with Gasteiger partial charge in [0, 0.05) is 10.9 Å². The van der Waals surface area contributed by atoms with Crippen molar-refractivity contribution in [2.45, 2.75) is 6.42 Å². The molecule has 0 saturated carbocycles. The Balaban J connectivity index is 2.02. The SMILES string of the molecule is NCCc1cccc(C(=O)c2coc3ccccc23)c1. The van der Waals surface area contributed by atoms with Gasteiger partial charge in [-0.2, -0.15) is 0 Å². The van der Waals surface area contributed by atoms with Crippen molar-refractivity contribution in [3.8, 4) is 0 Å². The van der Waals surface area contributed by atoms with Crippen LogP contribution in [0, 0.1) is 0 Å². The minimum atomic E-state index is -0.0196. The Morgan fingerprint density at radius 1 is 1.10 bits per heavy atom. The second-order valence-electron chi connectivity index (χ2n) is 4.71. The quantitative estimate of drug-likeness (QED) is 0.737. The highest BCUT2D eigenvalue weighted by Crippen LogP contribution is 2.23. The molecular formula is C17H15NO2. The van der Waals surface area contributed by atoms with Crippen LogP contribution < -0.4 is 5.73 Å². The van der Waals surface area contributed by atoms with E-state index in [1.165, 1.54) is 6.26 Å². The number of nitrogens with two attached hydrogens (primary N) is 1. The smallest absolute Gasteiger partial charge is 0.196 e. The summed E-state index contributed by atoms with van der Waals surface area (Å²) in [4.78, 5) is 12.6. The summed E-state index contributed by atoms with van der Waals surface area (Å²) in [7, 11) is 0. The zero-order valence-corrected chi connectivity index (χ0v) is 11.0. The summed E-state index contributed by atoms with van der Waals surface area (Å²) >= 11 is 0. The van der Waals surface area contributed by atoms with Crippen LogP contribution in [0.3, 0.4) is 0 Å². The predicted molar refractivity (Wildman–Crippen MR) is 78.8 cm³/mol. The minimum Gasteiger partial charge on any atom is -0.464 e. The number of hydrogen-bond acceptors (Lipinski definition) is 3. The van der Waals surface area contributed by atoms with E-state index in [1.807, 2.05) is 48.5 Å². The molecule has 2 N–H and O–H groups in total. The number of benzene rings is 2. The molecule has 0 atom stereocenters. The predicted octanol–water partition coefficient (Wildman–Crippen LogP) is 3.17. The third-order valence-electron chi connectivity index (χ3n) is 3.35. The van der Waals surface area contributed by atoms with Gasteiger partial charge in [0.2, 0.25) is 0 Å². The van der Waals surface area contributed by atoms with Crippen LogP contribution in [0.25, 0.3) is 11.0 Å². The first kappa shape index (κ1) is 12.6. The van der Waals surface area contributed by atoms with E-state index in [2.05, 4.69) is 0 Å². The van der Waals surface area contributed by atoms with Crippen LogP contribution in [0.4, 0.5) is 0 Å². The topological polar surface area (TPSA) is 56.2 Å². The van der Waals surface area contributed by atoms with Gasteiger partial charge in [0.05, 0.1) is 5.56 Å². The second kappa shape index (κ2) is 5.31. The van der Waals surface area contributed by atoms with Crippen LogP contribution in [0.1, 0.15) is 21.5 Å². The molecule has 3 rings (SSSR count). The second-order valence-corrected chi connectivity index (χ2v) is 4.71. The van der Waals surface area contributed by atoms with Crippen LogP contribution in [0.15, 0.2) is 59.2 Å². The molecule has 1 aromatic heterocycles. The molecule has 0 bridgehead atoms. The molecule has 0 fully saturated rings. The van der Waals surface area contributed by atoms with Crippen molar-refractivity contribution in [2.24, 2.45) is 5.73 Å². The van der Waals surface area contributed by atoms with Crippen molar-refractivity contribution in [3.05, 3.63) is 71.5 Å². The summed E-state index contributed by atoms with van der Waals surface area (Å²) in [5, 5.41) is 0.849. The van der Waals surface area contributed by atoms with Gasteiger partial charge in [0.25, 0.3) is 0 Å². The van der Waals surface area contributed by atoms with Crippen molar-refractivity contribution in [1.29, 1.82) is 0 Å². The Morgan fingerprint density at radius 2 is 1.95 bits per heavy atom. The largest absolute Gasteiger partial charge is 0.464 e. The van der Waals surface area contributed by atoms with E-state index in [0.29, 0.717) is 17.7 Å². The van der Waals surface area contributed by atoms with Crippen molar-refractivity contribution in [2.75, 3.05) is 6.54 Å². The number of fused-ring (bicyclic) bond motifs is 1. The van der Waals surface area contributed by atoms with Gasteiger partial charge in [-0.15, -0.1) is 0 Å². The molecule has 0 saturated heterocycles. The number of carbonyl (C=O) groups is 1. The summed E-state index contributed by atoms with van der Waals surface area (Å²) < 4.78 is 5.43. The molecule has 2 aromatic carbocycles. The van der Waals surface area contributed by atoms with Crippen molar-refractivity contribution >= 4 is 16.8 Å². The first-order valence-electron chi connectivity index (χ1n) is 6.59. The Kier molecular flexibility index (Phi) is 3.35. The molecule has 3 aromatic rings. The molecule has 0 aliphatic carbocycles. The Morgan fingerprint density at radius 3 is 2.80 bits per heavy atom. The van der Waals surface area contributed by atoms with Gasteiger partial charge in [-0.05, 0) is 30.7 Å². The first-order chi connectivity index (χ1) is 9.79. The van der Waals surface area contributed by atoms with Gasteiger partial charge in [-0.25, -0.2) is 0 Å². The van der Waals surface area contributed by atoms with Crippen LogP contribution in [-0.4, -0.2) is 12.3 Å². The maximum Gasteiger partial charge on any atom is 0.196 e. The third kappa shape index (κ3) is 2.24. The summed E-state index contributed by atoms with van der Waals surface area (Å²) in [6.07, 6.45) is 2.30. The fourth-order valence-electron chi connectivity index (χ4n) is 2.34. The molecule has 0 amide bonds. The zero-order valence-electron chi connectivity index (χ0n) is 11.0. The van der Waals surface area contributed by atoms with E-state index in [-0.39, 0.29) is 5.78 Å². The monoisotopic (exact) mass is 265 g/mol. The molecule has 3 heteroatoms. The van der Waals surface area contributed by atoms with Crippen molar-refractivity contribution < 1.29 is 9.21 Å². The van der Waals surface area contributed by atoms with Crippen LogP contribution in [-0.2, 0) is 6.42 Å². The average Bonchev–Trinajstić information content (AvgIpc) is 2.91. The van der Waals surface area contributed by atoms with Gasteiger partial charge in [-0.1, -0.05) is 36.4 Å². The van der Waals surface area contributed by atoms with Crippen molar-refractivity contribution in [3.63, 3.8) is 0 Å². The molecule has 3 nitrogen and oxygen atoms in total. The lowest BCUT2D eigenvalue weighted by molar-refractivity contribution is 0.103. The number of furan rings is 1. The lowest BCUT2D eigenvalue weighted by Gasteiger charge is -2.03. The molecule has 0 radical (unpaired) electrons. The maximum atomic E-state index is 12.6. The lowest BCUT2D eigenvalue weighted by Crippen LogP contribution is -2.05. The molecular weight excluding hydrogens is 250 g/mol. The molecule has 1 heterocycles. The number of hydrogen-bond donors (Lipinski definition) is 1. The minimum absolute atomic E-state index is 0.0196. The van der Waals surface area contributed by atoms with Gasteiger partial charge < -0.3 is 10.2 Å². The normalized spacial score (nSPS) is 10.8. The highest BCUT2D eigenvalue weighted by molar-refractivity contribution is 6.15. The van der Waals surface area contributed by atoms with Crippen LogP contribution in [0.5, 0.6) is 0 Å². The van der Waals surface area contributed by atoms with E-state index in [4.69, 9.17) is 10.2 Å². The van der Waals surface area contributed by atoms with Gasteiger partial charge in [0.15, 0.2) is 5.78 Å². The highest BCUT2D eigenvalue weighted by atomic mass is 16.3. The molecule has 100 valence electrons. The van der Waals surface area contributed by atoms with E-state index in [1.54, 1.807) is 0 Å².